The molecule has 4 aromatic rings. The van der Waals surface area contributed by atoms with Gasteiger partial charge in [0.05, 0.1) is 34.6 Å². The highest BCUT2D eigenvalue weighted by atomic mass is 32.1. The molecule has 28 heavy (non-hydrogen) atoms. The number of thiazole rings is 1. The number of halogens is 1. The number of rotatable bonds is 5. The molecule has 140 valence electrons. The fourth-order valence-corrected chi connectivity index (χ4v) is 3.42. The van der Waals surface area contributed by atoms with Crippen molar-refractivity contribution in [3.63, 3.8) is 0 Å². The van der Waals surface area contributed by atoms with Crippen LogP contribution in [0.1, 0.15) is 21.1 Å². The summed E-state index contributed by atoms with van der Waals surface area (Å²) in [5, 5.41) is 5.72. The van der Waals surface area contributed by atoms with Gasteiger partial charge in [0.15, 0.2) is 5.76 Å². The van der Waals surface area contributed by atoms with E-state index in [4.69, 9.17) is 4.42 Å². The highest BCUT2D eigenvalue weighted by molar-refractivity contribution is 7.09. The van der Waals surface area contributed by atoms with Gasteiger partial charge in [0, 0.05) is 10.9 Å². The van der Waals surface area contributed by atoms with Crippen molar-refractivity contribution in [1.29, 1.82) is 0 Å². The van der Waals surface area contributed by atoms with E-state index in [2.05, 4.69) is 15.3 Å². The molecule has 0 bridgehead atoms. The molecule has 0 aliphatic heterocycles. The number of aryl methyl sites for hydroxylation is 1. The van der Waals surface area contributed by atoms with Gasteiger partial charge < -0.3 is 9.73 Å². The fourth-order valence-electron chi connectivity index (χ4n) is 2.81. The normalized spacial score (nSPS) is 10.8. The van der Waals surface area contributed by atoms with Gasteiger partial charge in [-0.05, 0) is 31.2 Å². The van der Waals surface area contributed by atoms with Gasteiger partial charge in [-0.25, -0.2) is 14.4 Å². The molecule has 0 unspecified atom stereocenters. The maximum Gasteiger partial charge on any atom is 0.252 e. The molecule has 1 amide bonds. The van der Waals surface area contributed by atoms with E-state index < -0.39 is 5.82 Å². The van der Waals surface area contributed by atoms with Crippen molar-refractivity contribution in [2.75, 3.05) is 0 Å². The van der Waals surface area contributed by atoms with Gasteiger partial charge in [0.2, 0.25) is 5.89 Å². The van der Waals surface area contributed by atoms with Crippen LogP contribution in [0, 0.1) is 12.7 Å². The first-order valence-electron chi connectivity index (χ1n) is 8.61. The van der Waals surface area contributed by atoms with E-state index in [-0.39, 0.29) is 11.8 Å². The summed E-state index contributed by atoms with van der Waals surface area (Å²) in [5.74, 6) is -0.0866. The van der Waals surface area contributed by atoms with Crippen molar-refractivity contribution >= 4 is 17.2 Å². The Hall–Kier alpha value is -3.32. The first kappa shape index (κ1) is 18.1. The zero-order valence-electron chi connectivity index (χ0n) is 15.0. The summed E-state index contributed by atoms with van der Waals surface area (Å²) in [6.45, 7) is 2.25. The summed E-state index contributed by atoms with van der Waals surface area (Å²) in [4.78, 5) is 21.3. The second kappa shape index (κ2) is 7.74. The second-order valence-electron chi connectivity index (χ2n) is 6.10. The Morgan fingerprint density at radius 2 is 1.89 bits per heavy atom. The minimum atomic E-state index is -0.394. The van der Waals surface area contributed by atoms with E-state index in [1.54, 1.807) is 42.5 Å². The standard InChI is InChI=1S/C21H16FN3O2S/c1-13-25-14(12-28-13)10-23-20(26)15-6-2-3-7-16(15)21-24-11-19(27-21)17-8-4-5-9-18(17)22/h2-9,11-12H,10H2,1H3,(H,23,26). The summed E-state index contributed by atoms with van der Waals surface area (Å²) in [7, 11) is 0. The van der Waals surface area contributed by atoms with Gasteiger partial charge in [0.1, 0.15) is 5.82 Å². The van der Waals surface area contributed by atoms with Gasteiger partial charge in [-0.1, -0.05) is 24.3 Å². The molecule has 0 aliphatic carbocycles. The van der Waals surface area contributed by atoms with Crippen molar-refractivity contribution in [3.05, 3.63) is 82.2 Å². The summed E-state index contributed by atoms with van der Waals surface area (Å²) in [6, 6.07) is 13.3. The molecule has 2 heterocycles. The first-order valence-corrected chi connectivity index (χ1v) is 9.49. The second-order valence-corrected chi connectivity index (χ2v) is 7.16. The van der Waals surface area contributed by atoms with Crippen molar-refractivity contribution < 1.29 is 13.6 Å². The number of hydrogen-bond acceptors (Lipinski definition) is 5. The Bertz CT molecular complexity index is 1140. The van der Waals surface area contributed by atoms with Crippen LogP contribution in [0.2, 0.25) is 0 Å². The number of carbonyl (C=O) groups is 1. The van der Waals surface area contributed by atoms with Crippen molar-refractivity contribution in [2.45, 2.75) is 13.5 Å². The first-order chi connectivity index (χ1) is 13.6. The van der Waals surface area contributed by atoms with E-state index in [0.29, 0.717) is 29.0 Å². The molecule has 0 atom stereocenters. The summed E-state index contributed by atoms with van der Waals surface area (Å²) < 4.78 is 19.8. The molecule has 1 N–H and O–H groups in total. The lowest BCUT2D eigenvalue weighted by molar-refractivity contribution is 0.0951. The van der Waals surface area contributed by atoms with Gasteiger partial charge >= 0.3 is 0 Å². The Labute approximate surface area is 164 Å². The van der Waals surface area contributed by atoms with Crippen LogP contribution in [-0.4, -0.2) is 15.9 Å². The van der Waals surface area contributed by atoms with Crippen LogP contribution in [0.15, 0.2) is 64.5 Å². The number of aromatic nitrogens is 2. The third-order valence-corrected chi connectivity index (χ3v) is 4.97. The van der Waals surface area contributed by atoms with Gasteiger partial charge in [-0.15, -0.1) is 11.3 Å². The lowest BCUT2D eigenvalue weighted by atomic mass is 10.1. The van der Waals surface area contributed by atoms with Crippen molar-refractivity contribution in [1.82, 2.24) is 15.3 Å². The third-order valence-electron chi connectivity index (χ3n) is 4.14. The molecule has 5 nitrogen and oxygen atoms in total. The number of carbonyl (C=O) groups excluding carboxylic acids is 1. The Balaban J connectivity index is 1.59. The average molecular weight is 393 g/mol. The van der Waals surface area contributed by atoms with E-state index in [9.17, 15) is 9.18 Å². The molecule has 0 aliphatic rings. The average Bonchev–Trinajstić information content (AvgIpc) is 3.36. The van der Waals surface area contributed by atoms with Crippen LogP contribution >= 0.6 is 11.3 Å². The van der Waals surface area contributed by atoms with E-state index in [0.717, 1.165) is 10.7 Å². The van der Waals surface area contributed by atoms with Crippen molar-refractivity contribution in [2.24, 2.45) is 0 Å². The molecule has 2 aromatic heterocycles. The number of benzene rings is 2. The summed E-state index contributed by atoms with van der Waals surface area (Å²) in [6.07, 6.45) is 1.46. The number of nitrogens with zero attached hydrogens (tertiary/aromatic N) is 2. The lowest BCUT2D eigenvalue weighted by Crippen LogP contribution is -2.23. The fraction of sp³-hybridized carbons (Fsp3) is 0.0952. The minimum absolute atomic E-state index is 0.258. The number of oxazole rings is 1. The van der Waals surface area contributed by atoms with Crippen LogP contribution < -0.4 is 5.32 Å². The van der Waals surface area contributed by atoms with Crippen LogP contribution in [0.5, 0.6) is 0 Å². The molecule has 2 aromatic carbocycles. The van der Waals surface area contributed by atoms with Crippen molar-refractivity contribution in [3.8, 4) is 22.8 Å². The Kier molecular flexibility index (Phi) is 4.99. The SMILES string of the molecule is Cc1nc(CNC(=O)c2ccccc2-c2ncc(-c3ccccc3F)o2)cs1. The monoisotopic (exact) mass is 393 g/mol. The highest BCUT2D eigenvalue weighted by Crippen LogP contribution is 2.29. The zero-order chi connectivity index (χ0) is 19.5. The van der Waals surface area contributed by atoms with Crippen LogP contribution in [0.4, 0.5) is 4.39 Å². The van der Waals surface area contributed by atoms with Gasteiger partial charge in [0.25, 0.3) is 5.91 Å². The minimum Gasteiger partial charge on any atom is -0.436 e. The quantitative estimate of drug-likeness (QED) is 0.527. The topological polar surface area (TPSA) is 68.0 Å². The maximum atomic E-state index is 14.0. The molecule has 7 heteroatoms. The molecule has 0 fully saturated rings. The third kappa shape index (κ3) is 3.70. The molecule has 0 radical (unpaired) electrons. The Morgan fingerprint density at radius 1 is 1.14 bits per heavy atom. The molecule has 4 rings (SSSR count). The summed E-state index contributed by atoms with van der Waals surface area (Å²) >= 11 is 1.54. The molecular weight excluding hydrogens is 377 g/mol. The molecular formula is C21H16FN3O2S. The maximum absolute atomic E-state index is 14.0. The van der Waals surface area contributed by atoms with Crippen LogP contribution in [-0.2, 0) is 6.54 Å². The van der Waals surface area contributed by atoms with Gasteiger partial charge in [-0.3, -0.25) is 4.79 Å². The molecule has 0 spiro atoms. The molecule has 0 saturated carbocycles. The molecule has 0 saturated heterocycles. The van der Waals surface area contributed by atoms with Gasteiger partial charge in [-0.2, -0.15) is 0 Å². The predicted molar refractivity (Wildman–Crippen MR) is 105 cm³/mol. The highest BCUT2D eigenvalue weighted by Gasteiger charge is 2.18. The van der Waals surface area contributed by atoms with E-state index in [1.807, 2.05) is 12.3 Å². The lowest BCUT2D eigenvalue weighted by Gasteiger charge is -2.07. The van der Waals surface area contributed by atoms with Crippen LogP contribution in [0.25, 0.3) is 22.8 Å². The predicted octanol–water partition coefficient (Wildman–Crippen LogP) is 4.84. The number of nitrogens with one attached hydrogen (secondary N) is 1. The van der Waals surface area contributed by atoms with E-state index in [1.165, 1.54) is 23.6 Å². The summed E-state index contributed by atoms with van der Waals surface area (Å²) in [5.41, 5.74) is 2.10. The number of amides is 1. The van der Waals surface area contributed by atoms with Crippen LogP contribution in [0.3, 0.4) is 0 Å². The Morgan fingerprint density at radius 3 is 2.64 bits per heavy atom. The van der Waals surface area contributed by atoms with E-state index >= 15 is 0 Å². The largest absolute Gasteiger partial charge is 0.436 e. The smallest absolute Gasteiger partial charge is 0.252 e. The zero-order valence-corrected chi connectivity index (χ0v) is 15.8. The number of hydrogen-bond donors (Lipinski definition) is 1.